The third-order valence-electron chi connectivity index (χ3n) is 7.03. The van der Waals surface area contributed by atoms with Crippen LogP contribution in [0.5, 0.6) is 23.1 Å². The first-order valence-corrected chi connectivity index (χ1v) is 12.6. The molecule has 3 heterocycles. The molecular formula is C28H32FN5O4. The van der Waals surface area contributed by atoms with Crippen molar-refractivity contribution in [3.8, 4) is 23.1 Å². The van der Waals surface area contributed by atoms with Gasteiger partial charge >= 0.3 is 0 Å². The number of piperazine rings is 1. The van der Waals surface area contributed by atoms with Crippen molar-refractivity contribution < 1.29 is 23.4 Å². The van der Waals surface area contributed by atoms with Crippen LogP contribution in [0.25, 0.3) is 0 Å². The van der Waals surface area contributed by atoms with Crippen molar-refractivity contribution in [2.75, 3.05) is 58.9 Å². The Bertz CT molecular complexity index is 1320. The van der Waals surface area contributed by atoms with E-state index in [4.69, 9.17) is 24.2 Å². The number of aromatic nitrogens is 2. The number of rotatable bonds is 6. The average molecular weight is 522 g/mol. The number of ether oxygens (including phenoxy) is 3. The van der Waals surface area contributed by atoms with Crippen molar-refractivity contribution in [1.82, 2.24) is 19.8 Å². The van der Waals surface area contributed by atoms with Crippen molar-refractivity contribution in [1.29, 1.82) is 0 Å². The standard InChI is InChI=1S/C28H32FN5O4/c1-18-13-20(5-6-24(18)29)38-26-23-17-34(27(35)19-14-21(36-3)16-22(15-19)37-4)8-7-25(23)30-28(31-26)33-11-9-32(2)10-12-33/h5-6,13-16H,7-12,17H2,1-4H3. The van der Waals surface area contributed by atoms with Gasteiger partial charge in [-0.15, -0.1) is 0 Å². The maximum absolute atomic E-state index is 13.9. The molecule has 1 saturated heterocycles. The van der Waals surface area contributed by atoms with E-state index >= 15 is 0 Å². The summed E-state index contributed by atoms with van der Waals surface area (Å²) in [6.07, 6.45) is 0.560. The number of nitrogens with zero attached hydrogens (tertiary/aromatic N) is 5. The number of aryl methyl sites for hydroxylation is 1. The number of hydrogen-bond acceptors (Lipinski definition) is 8. The van der Waals surface area contributed by atoms with E-state index in [1.807, 2.05) is 0 Å². The molecule has 2 aliphatic rings. The Hall–Kier alpha value is -3.92. The molecule has 3 aromatic rings. The molecule has 1 amide bonds. The molecule has 1 aromatic heterocycles. The smallest absolute Gasteiger partial charge is 0.254 e. The van der Waals surface area contributed by atoms with Crippen LogP contribution in [0.3, 0.4) is 0 Å². The van der Waals surface area contributed by atoms with Gasteiger partial charge in [0.1, 0.15) is 23.1 Å². The van der Waals surface area contributed by atoms with Gasteiger partial charge < -0.3 is 28.9 Å². The summed E-state index contributed by atoms with van der Waals surface area (Å²) in [5.41, 5.74) is 2.55. The topological polar surface area (TPSA) is 80.3 Å². The zero-order valence-corrected chi connectivity index (χ0v) is 22.2. The van der Waals surface area contributed by atoms with E-state index in [9.17, 15) is 9.18 Å². The highest BCUT2D eigenvalue weighted by atomic mass is 19.1. The van der Waals surface area contributed by atoms with E-state index < -0.39 is 0 Å². The average Bonchev–Trinajstić information content (AvgIpc) is 2.94. The van der Waals surface area contributed by atoms with Crippen LogP contribution in [0.4, 0.5) is 10.3 Å². The first-order chi connectivity index (χ1) is 18.3. The van der Waals surface area contributed by atoms with Gasteiger partial charge in [0.05, 0.1) is 32.0 Å². The van der Waals surface area contributed by atoms with Crippen LogP contribution in [0.1, 0.15) is 27.2 Å². The molecule has 0 aliphatic carbocycles. The van der Waals surface area contributed by atoms with E-state index in [1.54, 1.807) is 56.4 Å². The quantitative estimate of drug-likeness (QED) is 0.486. The number of methoxy groups -OCH3 is 2. The molecule has 0 atom stereocenters. The Morgan fingerprint density at radius 2 is 1.63 bits per heavy atom. The van der Waals surface area contributed by atoms with Gasteiger partial charge in [-0.25, -0.2) is 9.37 Å². The number of likely N-dealkylation sites (N-methyl/N-ethyl adjacent to an activating group) is 1. The Morgan fingerprint density at radius 1 is 0.921 bits per heavy atom. The van der Waals surface area contributed by atoms with Crippen molar-refractivity contribution in [2.45, 2.75) is 19.9 Å². The fourth-order valence-corrected chi connectivity index (χ4v) is 4.68. The van der Waals surface area contributed by atoms with Gasteiger partial charge in [0.2, 0.25) is 11.8 Å². The second kappa shape index (κ2) is 10.8. The molecule has 10 heteroatoms. The van der Waals surface area contributed by atoms with E-state index in [2.05, 4.69) is 16.8 Å². The Labute approximate surface area is 221 Å². The lowest BCUT2D eigenvalue weighted by molar-refractivity contribution is 0.0731. The Balaban J connectivity index is 1.48. The fourth-order valence-electron chi connectivity index (χ4n) is 4.68. The largest absolute Gasteiger partial charge is 0.497 e. The van der Waals surface area contributed by atoms with E-state index in [0.29, 0.717) is 53.2 Å². The first kappa shape index (κ1) is 25.7. The molecule has 0 spiro atoms. The minimum absolute atomic E-state index is 0.153. The molecule has 2 aromatic carbocycles. The van der Waals surface area contributed by atoms with Gasteiger partial charge in [0.25, 0.3) is 5.91 Å². The molecule has 0 saturated carbocycles. The predicted octanol–water partition coefficient (Wildman–Crippen LogP) is 3.68. The maximum atomic E-state index is 13.9. The number of anilines is 1. The predicted molar refractivity (Wildman–Crippen MR) is 141 cm³/mol. The number of fused-ring (bicyclic) bond motifs is 1. The van der Waals surface area contributed by atoms with Gasteiger partial charge in [-0.05, 0) is 49.9 Å². The van der Waals surface area contributed by atoms with Gasteiger partial charge in [-0.2, -0.15) is 4.98 Å². The summed E-state index contributed by atoms with van der Waals surface area (Å²) in [6.45, 7) is 5.93. The molecule has 200 valence electrons. The van der Waals surface area contributed by atoms with E-state index in [-0.39, 0.29) is 18.3 Å². The lowest BCUT2D eigenvalue weighted by Crippen LogP contribution is -2.45. The maximum Gasteiger partial charge on any atom is 0.254 e. The number of carbonyl (C=O) groups excluding carboxylic acids is 1. The SMILES string of the molecule is COc1cc(OC)cc(C(=O)N2CCc3nc(N4CCN(C)CC4)nc(Oc4ccc(F)c(C)c4)c3C2)c1. The van der Waals surface area contributed by atoms with Crippen LogP contribution in [0.2, 0.25) is 0 Å². The minimum atomic E-state index is -0.300. The molecular weight excluding hydrogens is 489 g/mol. The Morgan fingerprint density at radius 3 is 2.29 bits per heavy atom. The first-order valence-electron chi connectivity index (χ1n) is 12.6. The summed E-state index contributed by atoms with van der Waals surface area (Å²) in [7, 11) is 5.20. The molecule has 0 radical (unpaired) electrons. The summed E-state index contributed by atoms with van der Waals surface area (Å²) in [4.78, 5) is 29.4. The summed E-state index contributed by atoms with van der Waals surface area (Å²) in [5.74, 6) is 2.11. The highest BCUT2D eigenvalue weighted by Crippen LogP contribution is 2.33. The van der Waals surface area contributed by atoms with E-state index in [1.165, 1.54) is 6.07 Å². The van der Waals surface area contributed by atoms with Crippen molar-refractivity contribution in [2.24, 2.45) is 0 Å². The second-order valence-electron chi connectivity index (χ2n) is 9.64. The Kier molecular flexibility index (Phi) is 7.33. The fraction of sp³-hybridized carbons (Fsp3) is 0.393. The number of hydrogen-bond donors (Lipinski definition) is 0. The number of carbonyl (C=O) groups is 1. The van der Waals surface area contributed by atoms with Crippen LogP contribution < -0.4 is 19.1 Å². The van der Waals surface area contributed by atoms with Gasteiger partial charge in [0, 0.05) is 50.8 Å². The summed E-state index contributed by atoms with van der Waals surface area (Å²) >= 11 is 0. The molecule has 2 aliphatic heterocycles. The minimum Gasteiger partial charge on any atom is -0.497 e. The number of benzene rings is 2. The van der Waals surface area contributed by atoms with Crippen LogP contribution in [0, 0.1) is 12.7 Å². The van der Waals surface area contributed by atoms with Crippen molar-refractivity contribution >= 4 is 11.9 Å². The molecule has 0 unspecified atom stereocenters. The van der Waals surface area contributed by atoms with Crippen LogP contribution in [-0.2, 0) is 13.0 Å². The zero-order valence-electron chi connectivity index (χ0n) is 22.2. The highest BCUT2D eigenvalue weighted by Gasteiger charge is 2.29. The molecule has 38 heavy (non-hydrogen) atoms. The molecule has 5 rings (SSSR count). The zero-order chi connectivity index (χ0) is 26.8. The van der Waals surface area contributed by atoms with Gasteiger partial charge in [-0.3, -0.25) is 4.79 Å². The number of amides is 1. The normalized spacial score (nSPS) is 15.7. The van der Waals surface area contributed by atoms with Crippen LogP contribution >= 0.6 is 0 Å². The van der Waals surface area contributed by atoms with Gasteiger partial charge in [0.15, 0.2) is 0 Å². The summed E-state index contributed by atoms with van der Waals surface area (Å²) in [6, 6.07) is 9.74. The van der Waals surface area contributed by atoms with Gasteiger partial charge in [-0.1, -0.05) is 0 Å². The second-order valence-corrected chi connectivity index (χ2v) is 9.64. The summed E-state index contributed by atoms with van der Waals surface area (Å²) < 4.78 is 30.8. The highest BCUT2D eigenvalue weighted by molar-refractivity contribution is 5.95. The third-order valence-corrected chi connectivity index (χ3v) is 7.03. The van der Waals surface area contributed by atoms with Crippen molar-refractivity contribution in [3.05, 3.63) is 64.6 Å². The lowest BCUT2D eigenvalue weighted by Gasteiger charge is -2.34. The molecule has 1 fully saturated rings. The van der Waals surface area contributed by atoms with Crippen LogP contribution in [-0.4, -0.2) is 79.7 Å². The van der Waals surface area contributed by atoms with E-state index in [0.717, 1.165) is 37.4 Å². The third kappa shape index (κ3) is 5.35. The van der Waals surface area contributed by atoms with Crippen LogP contribution in [0.15, 0.2) is 36.4 Å². The lowest BCUT2D eigenvalue weighted by atomic mass is 10.0. The molecule has 0 bridgehead atoms. The number of halogens is 1. The molecule has 0 N–H and O–H groups in total. The summed E-state index contributed by atoms with van der Waals surface area (Å²) in [5, 5.41) is 0. The molecule has 9 nitrogen and oxygen atoms in total. The monoisotopic (exact) mass is 521 g/mol. The van der Waals surface area contributed by atoms with Crippen molar-refractivity contribution in [3.63, 3.8) is 0 Å².